The molecule has 0 saturated heterocycles. The summed E-state index contributed by atoms with van der Waals surface area (Å²) >= 11 is 0. The Hall–Kier alpha value is -2.50. The first-order chi connectivity index (χ1) is 10.3. The predicted octanol–water partition coefficient (Wildman–Crippen LogP) is 4.02. The molecule has 0 heterocycles. The van der Waals surface area contributed by atoms with Gasteiger partial charge in [0, 0.05) is 6.08 Å². The van der Waals surface area contributed by atoms with Crippen LogP contribution in [0, 0.1) is 0 Å². The van der Waals surface area contributed by atoms with Crippen LogP contribution in [0.1, 0.15) is 33.3 Å². The van der Waals surface area contributed by atoms with Gasteiger partial charge in [-0.3, -0.25) is 0 Å². The maximum Gasteiger partial charge on any atom is 0.452 e. The van der Waals surface area contributed by atoms with Crippen molar-refractivity contribution in [3.05, 3.63) is 47.7 Å². The van der Waals surface area contributed by atoms with E-state index in [0.717, 1.165) is 11.6 Å². The summed E-state index contributed by atoms with van der Waals surface area (Å²) in [6, 6.07) is 9.31. The molecule has 0 spiro atoms. The Kier molecular flexibility index (Phi) is 6.44. The fourth-order valence-electron chi connectivity index (χ4n) is 1.37. The van der Waals surface area contributed by atoms with Crippen LogP contribution < -0.4 is 0 Å². The average Bonchev–Trinajstić information content (AvgIpc) is 2.42. The van der Waals surface area contributed by atoms with Crippen molar-refractivity contribution in [1.29, 1.82) is 0 Å². The van der Waals surface area contributed by atoms with Crippen molar-refractivity contribution in [3.8, 4) is 0 Å². The third-order valence-electron chi connectivity index (χ3n) is 2.23. The molecule has 0 unspecified atom stereocenters. The molecule has 0 atom stereocenters. The van der Waals surface area contributed by atoms with Crippen LogP contribution in [0.25, 0.3) is 0 Å². The van der Waals surface area contributed by atoms with E-state index in [4.69, 9.17) is 9.47 Å². The van der Waals surface area contributed by atoms with Gasteiger partial charge in [0.15, 0.2) is 0 Å². The van der Waals surface area contributed by atoms with E-state index in [0.29, 0.717) is 0 Å². The fraction of sp³-hybridized carbons (Fsp3) is 0.375. The van der Waals surface area contributed by atoms with Gasteiger partial charge in [0.05, 0.1) is 5.70 Å². The normalized spacial score (nSPS) is 12.3. The topological polar surface area (TPSA) is 77.3 Å². The van der Waals surface area contributed by atoms with Crippen molar-refractivity contribution in [2.24, 2.45) is 10.2 Å². The number of allylic oxidation sites excluding steroid dienone is 1. The summed E-state index contributed by atoms with van der Waals surface area (Å²) in [6.07, 6.45) is 0.356. The Morgan fingerprint density at radius 3 is 2.36 bits per heavy atom. The molecule has 0 aliphatic rings. The first kappa shape index (κ1) is 17.6. The third kappa shape index (κ3) is 7.94. The number of carbonyl (C=O) groups excluding carboxylic acids is 2. The lowest BCUT2D eigenvalue weighted by Crippen LogP contribution is -2.21. The maximum atomic E-state index is 11.6. The van der Waals surface area contributed by atoms with Gasteiger partial charge in [-0.05, 0) is 33.3 Å². The van der Waals surface area contributed by atoms with Crippen LogP contribution in [-0.4, -0.2) is 17.7 Å². The molecule has 0 aliphatic heterocycles. The lowest BCUT2D eigenvalue weighted by Gasteiger charge is -2.16. The van der Waals surface area contributed by atoms with Crippen molar-refractivity contribution in [1.82, 2.24) is 0 Å². The molecule has 1 aromatic rings. The van der Waals surface area contributed by atoms with E-state index < -0.39 is 17.7 Å². The van der Waals surface area contributed by atoms with Gasteiger partial charge in [-0.25, -0.2) is 9.59 Å². The zero-order valence-electron chi connectivity index (χ0n) is 13.2. The highest BCUT2D eigenvalue weighted by Gasteiger charge is 2.15. The second-order valence-corrected chi connectivity index (χ2v) is 5.56. The summed E-state index contributed by atoms with van der Waals surface area (Å²) in [7, 11) is 0. The van der Waals surface area contributed by atoms with Gasteiger partial charge in [-0.1, -0.05) is 35.4 Å². The van der Waals surface area contributed by atoms with Gasteiger partial charge in [-0.15, -0.1) is 5.11 Å². The molecule has 0 aromatic heterocycles. The van der Waals surface area contributed by atoms with Crippen LogP contribution in [0.3, 0.4) is 0 Å². The zero-order valence-corrected chi connectivity index (χ0v) is 13.2. The van der Waals surface area contributed by atoms with Gasteiger partial charge in [0.1, 0.15) is 12.2 Å². The van der Waals surface area contributed by atoms with E-state index in [9.17, 15) is 9.59 Å². The fourth-order valence-corrected chi connectivity index (χ4v) is 1.37. The molecule has 0 aliphatic carbocycles. The first-order valence-corrected chi connectivity index (χ1v) is 6.80. The summed E-state index contributed by atoms with van der Waals surface area (Å²) < 4.78 is 10.0. The Bertz CT molecular complexity index is 572. The number of rotatable bonds is 4. The zero-order chi connectivity index (χ0) is 16.6. The molecule has 0 saturated carbocycles. The van der Waals surface area contributed by atoms with Crippen LogP contribution in [0.5, 0.6) is 0 Å². The lowest BCUT2D eigenvalue weighted by atomic mass is 10.2. The van der Waals surface area contributed by atoms with Crippen LogP contribution in [0.2, 0.25) is 0 Å². The van der Waals surface area contributed by atoms with E-state index in [1.807, 2.05) is 30.3 Å². The minimum Gasteiger partial charge on any atom is -0.458 e. The van der Waals surface area contributed by atoms with E-state index in [-0.39, 0.29) is 12.3 Å². The molecule has 22 heavy (non-hydrogen) atoms. The van der Waals surface area contributed by atoms with Crippen molar-refractivity contribution >= 4 is 12.1 Å². The van der Waals surface area contributed by atoms with Crippen molar-refractivity contribution in [2.75, 3.05) is 0 Å². The third-order valence-corrected chi connectivity index (χ3v) is 2.23. The SMILES string of the molecule is C/C(=C/C(=O)OCc1ccccc1)N=NC(=O)OC(C)(C)C. The highest BCUT2D eigenvalue weighted by atomic mass is 16.6. The number of carbonyl (C=O) groups is 2. The van der Waals surface area contributed by atoms with Crippen molar-refractivity contribution in [2.45, 2.75) is 39.9 Å². The number of esters is 1. The highest BCUT2D eigenvalue weighted by molar-refractivity contribution is 5.82. The molecule has 1 amide bonds. The molecule has 0 N–H and O–H groups in total. The standard InChI is InChI=1S/C16H20N2O4/c1-12(17-18-15(20)22-16(2,3)4)10-14(19)21-11-13-8-6-5-7-9-13/h5-10H,11H2,1-4H3/b12-10-,18-17?. The molecule has 0 radical (unpaired) electrons. The molecule has 118 valence electrons. The van der Waals surface area contributed by atoms with Crippen LogP contribution >= 0.6 is 0 Å². The van der Waals surface area contributed by atoms with Crippen LogP contribution in [0.4, 0.5) is 4.79 Å². The van der Waals surface area contributed by atoms with Crippen molar-refractivity contribution in [3.63, 3.8) is 0 Å². The van der Waals surface area contributed by atoms with Gasteiger partial charge in [0.2, 0.25) is 0 Å². The molecule has 6 nitrogen and oxygen atoms in total. The Labute approximate surface area is 129 Å². The highest BCUT2D eigenvalue weighted by Crippen LogP contribution is 2.09. The molecular weight excluding hydrogens is 284 g/mol. The first-order valence-electron chi connectivity index (χ1n) is 6.80. The van der Waals surface area contributed by atoms with Gasteiger partial charge in [-0.2, -0.15) is 0 Å². The van der Waals surface area contributed by atoms with Gasteiger partial charge < -0.3 is 9.47 Å². The smallest absolute Gasteiger partial charge is 0.452 e. The number of ether oxygens (including phenoxy) is 2. The van der Waals surface area contributed by atoms with E-state index >= 15 is 0 Å². The monoisotopic (exact) mass is 304 g/mol. The van der Waals surface area contributed by atoms with Gasteiger partial charge >= 0.3 is 12.1 Å². The number of azo groups is 1. The quantitative estimate of drug-likeness (QED) is 0.478. The molecule has 1 rings (SSSR count). The second-order valence-electron chi connectivity index (χ2n) is 5.56. The van der Waals surface area contributed by atoms with Crippen molar-refractivity contribution < 1.29 is 19.1 Å². The number of hydrogen-bond donors (Lipinski definition) is 0. The van der Waals surface area contributed by atoms with E-state index in [2.05, 4.69) is 10.2 Å². The molecule has 1 aromatic carbocycles. The van der Waals surface area contributed by atoms with Crippen LogP contribution in [0.15, 0.2) is 52.3 Å². The molecule has 0 fully saturated rings. The average molecular weight is 304 g/mol. The summed E-state index contributed by atoms with van der Waals surface area (Å²) in [5.74, 6) is -0.551. The molecule has 0 bridgehead atoms. The largest absolute Gasteiger partial charge is 0.458 e. The van der Waals surface area contributed by atoms with Crippen LogP contribution in [-0.2, 0) is 20.9 Å². The maximum absolute atomic E-state index is 11.6. The summed E-state index contributed by atoms with van der Waals surface area (Å²) in [6.45, 7) is 6.89. The lowest BCUT2D eigenvalue weighted by molar-refractivity contribution is -0.139. The van der Waals surface area contributed by atoms with E-state index in [1.54, 1.807) is 20.8 Å². The number of amides is 1. The number of hydrogen-bond acceptors (Lipinski definition) is 5. The minimum absolute atomic E-state index is 0.173. The molecule has 6 heteroatoms. The van der Waals surface area contributed by atoms with Gasteiger partial charge in [0.25, 0.3) is 0 Å². The Morgan fingerprint density at radius 2 is 1.77 bits per heavy atom. The Morgan fingerprint density at radius 1 is 1.14 bits per heavy atom. The predicted molar refractivity (Wildman–Crippen MR) is 81.1 cm³/mol. The number of benzene rings is 1. The summed E-state index contributed by atoms with van der Waals surface area (Å²) in [4.78, 5) is 22.9. The Balaban J connectivity index is 2.47. The van der Waals surface area contributed by atoms with E-state index in [1.165, 1.54) is 6.92 Å². The summed E-state index contributed by atoms with van der Waals surface area (Å²) in [5, 5.41) is 6.98. The molecular formula is C16H20N2O4. The second kappa shape index (κ2) is 8.07. The summed E-state index contributed by atoms with van der Waals surface area (Å²) in [5.41, 5.74) is 0.503. The number of nitrogens with zero attached hydrogens (tertiary/aromatic N) is 2. The minimum atomic E-state index is -0.807.